The minimum Gasteiger partial charge on any atom is -0.367 e. The van der Waals surface area contributed by atoms with Gasteiger partial charge in [-0.05, 0) is 37.3 Å². The smallest absolute Gasteiger partial charge is 0.273 e. The summed E-state index contributed by atoms with van der Waals surface area (Å²) in [7, 11) is 0. The molecule has 0 saturated carbocycles. The van der Waals surface area contributed by atoms with Gasteiger partial charge in [0.05, 0.1) is 22.2 Å². The summed E-state index contributed by atoms with van der Waals surface area (Å²) >= 11 is 15.5. The Morgan fingerprint density at radius 1 is 1.06 bits per heavy atom. The van der Waals surface area contributed by atoms with E-state index in [0.29, 0.717) is 29.6 Å². The van der Waals surface area contributed by atoms with Crippen molar-refractivity contribution in [3.05, 3.63) is 80.5 Å². The molecule has 1 aliphatic rings. The summed E-state index contributed by atoms with van der Waals surface area (Å²) in [4.78, 5) is 21.7. The number of aromatic nitrogens is 4. The number of amides is 1. The maximum absolute atomic E-state index is 13.1. The molecule has 7 nitrogen and oxygen atoms in total. The Hall–Kier alpha value is -2.59. The number of aryl methyl sites for hydroxylation is 1. The standard InChI is InChI=1S/C24H22Cl2N6OS2/c1-16-28-29-24(32(16)18-6-4-5-17(25)13-18)35-15-22-27-20(14-34-22)23(33)31-11-9-30(10-12-31)21-8-3-2-7-19(21)26/h2-8,13-14H,9-12,15H2,1H3. The second-order valence-corrected chi connectivity index (χ2v) is 10.7. The normalized spacial score (nSPS) is 13.9. The average molecular weight is 546 g/mol. The first-order valence-corrected chi connectivity index (χ1v) is 13.7. The molecule has 180 valence electrons. The average Bonchev–Trinajstić information content (AvgIpc) is 3.49. The van der Waals surface area contributed by atoms with Gasteiger partial charge < -0.3 is 9.80 Å². The van der Waals surface area contributed by atoms with Gasteiger partial charge in [0.15, 0.2) is 5.16 Å². The maximum atomic E-state index is 13.1. The van der Waals surface area contributed by atoms with Crippen molar-refractivity contribution in [2.45, 2.75) is 17.8 Å². The largest absolute Gasteiger partial charge is 0.367 e. The number of carbonyl (C=O) groups excluding carboxylic acids is 1. The molecule has 1 amide bonds. The number of carbonyl (C=O) groups is 1. The third-order valence-corrected chi connectivity index (χ3v) is 8.24. The summed E-state index contributed by atoms with van der Waals surface area (Å²) in [5.74, 6) is 1.34. The summed E-state index contributed by atoms with van der Waals surface area (Å²) in [5.41, 5.74) is 2.41. The fraction of sp³-hybridized carbons (Fsp3) is 0.250. The Kier molecular flexibility index (Phi) is 7.29. The lowest BCUT2D eigenvalue weighted by atomic mass is 10.2. The third kappa shape index (κ3) is 5.33. The highest BCUT2D eigenvalue weighted by Crippen LogP contribution is 2.29. The Morgan fingerprint density at radius 3 is 2.63 bits per heavy atom. The molecule has 0 radical (unpaired) electrons. The lowest BCUT2D eigenvalue weighted by Gasteiger charge is -2.36. The van der Waals surface area contributed by atoms with Gasteiger partial charge in [-0.1, -0.05) is 53.2 Å². The van der Waals surface area contributed by atoms with E-state index >= 15 is 0 Å². The van der Waals surface area contributed by atoms with E-state index in [4.69, 9.17) is 23.2 Å². The van der Waals surface area contributed by atoms with Crippen molar-refractivity contribution in [3.8, 4) is 5.69 Å². The van der Waals surface area contributed by atoms with Crippen LogP contribution in [0.1, 0.15) is 21.3 Å². The van der Waals surface area contributed by atoms with Crippen molar-refractivity contribution in [2.75, 3.05) is 31.1 Å². The Morgan fingerprint density at radius 2 is 1.86 bits per heavy atom. The second kappa shape index (κ2) is 10.6. The highest BCUT2D eigenvalue weighted by atomic mass is 35.5. The van der Waals surface area contributed by atoms with E-state index in [9.17, 15) is 4.79 Å². The van der Waals surface area contributed by atoms with Gasteiger partial charge in [-0.25, -0.2) is 4.98 Å². The molecule has 0 aliphatic carbocycles. The van der Waals surface area contributed by atoms with Crippen LogP contribution < -0.4 is 4.90 Å². The molecule has 5 rings (SSSR count). The number of benzene rings is 2. The van der Waals surface area contributed by atoms with Crippen molar-refractivity contribution in [3.63, 3.8) is 0 Å². The fourth-order valence-corrected chi connectivity index (χ4v) is 6.19. The van der Waals surface area contributed by atoms with E-state index in [1.54, 1.807) is 0 Å². The first-order chi connectivity index (χ1) is 17.0. The van der Waals surface area contributed by atoms with Crippen LogP contribution in [0.15, 0.2) is 59.1 Å². The lowest BCUT2D eigenvalue weighted by Crippen LogP contribution is -2.49. The second-order valence-electron chi connectivity index (χ2n) is 7.99. The minimum atomic E-state index is -0.0331. The molecule has 4 aromatic rings. The van der Waals surface area contributed by atoms with Gasteiger partial charge in [-0.15, -0.1) is 21.5 Å². The molecule has 1 fully saturated rings. The van der Waals surface area contributed by atoms with Gasteiger partial charge in [0.2, 0.25) is 0 Å². The van der Waals surface area contributed by atoms with E-state index < -0.39 is 0 Å². The van der Waals surface area contributed by atoms with Gasteiger partial charge in [-0.3, -0.25) is 9.36 Å². The van der Waals surface area contributed by atoms with Crippen molar-refractivity contribution in [1.29, 1.82) is 0 Å². The molecular formula is C24H22Cl2N6OS2. The van der Waals surface area contributed by atoms with Crippen LogP contribution in [0.5, 0.6) is 0 Å². The third-order valence-electron chi connectivity index (χ3n) is 5.72. The number of rotatable bonds is 6. The predicted octanol–water partition coefficient (Wildman–Crippen LogP) is 5.59. The number of para-hydroxylation sites is 1. The minimum absolute atomic E-state index is 0.0331. The van der Waals surface area contributed by atoms with E-state index in [0.717, 1.165) is 45.5 Å². The molecule has 0 atom stereocenters. The first-order valence-electron chi connectivity index (χ1n) is 11.0. The number of thiazole rings is 1. The predicted molar refractivity (Wildman–Crippen MR) is 142 cm³/mol. The molecule has 0 unspecified atom stereocenters. The van der Waals surface area contributed by atoms with Crippen molar-refractivity contribution in [2.24, 2.45) is 0 Å². The summed E-state index contributed by atoms with van der Waals surface area (Å²) in [6.07, 6.45) is 0. The number of thioether (sulfide) groups is 1. The summed E-state index contributed by atoms with van der Waals surface area (Å²) in [6.45, 7) is 4.65. The fourth-order valence-electron chi connectivity index (χ4n) is 3.97. The molecule has 0 bridgehead atoms. The van der Waals surface area contributed by atoms with Crippen LogP contribution in [0.25, 0.3) is 5.69 Å². The summed E-state index contributed by atoms with van der Waals surface area (Å²) in [5, 5.41) is 13.4. The van der Waals surface area contributed by atoms with Crippen molar-refractivity contribution < 1.29 is 4.79 Å². The van der Waals surface area contributed by atoms with Crippen LogP contribution in [-0.4, -0.2) is 56.7 Å². The van der Waals surface area contributed by atoms with Crippen molar-refractivity contribution in [1.82, 2.24) is 24.6 Å². The molecule has 1 aliphatic heterocycles. The van der Waals surface area contributed by atoms with Crippen LogP contribution in [0, 0.1) is 6.92 Å². The van der Waals surface area contributed by atoms with Crippen LogP contribution in [0.4, 0.5) is 5.69 Å². The van der Waals surface area contributed by atoms with Gasteiger partial charge in [-0.2, -0.15) is 0 Å². The van der Waals surface area contributed by atoms with Crippen molar-refractivity contribution >= 4 is 57.9 Å². The number of halogens is 2. The summed E-state index contributed by atoms with van der Waals surface area (Å²) in [6, 6.07) is 15.4. The SMILES string of the molecule is Cc1nnc(SCc2nc(C(=O)N3CCN(c4ccccc4Cl)CC3)cs2)n1-c1cccc(Cl)c1. The zero-order chi connectivity index (χ0) is 24.4. The quantitative estimate of drug-likeness (QED) is 0.294. The van der Waals surface area contributed by atoms with Crippen LogP contribution in [0.2, 0.25) is 10.0 Å². The summed E-state index contributed by atoms with van der Waals surface area (Å²) < 4.78 is 1.97. The van der Waals surface area contributed by atoms with E-state index in [2.05, 4.69) is 20.1 Å². The van der Waals surface area contributed by atoms with Crippen LogP contribution in [0.3, 0.4) is 0 Å². The molecule has 2 aromatic carbocycles. The lowest BCUT2D eigenvalue weighted by molar-refractivity contribution is 0.0741. The number of hydrogen-bond donors (Lipinski definition) is 0. The topological polar surface area (TPSA) is 67.2 Å². The Labute approximate surface area is 221 Å². The highest BCUT2D eigenvalue weighted by Gasteiger charge is 2.25. The monoisotopic (exact) mass is 544 g/mol. The molecule has 3 heterocycles. The van der Waals surface area contributed by atoms with Crippen LogP contribution >= 0.6 is 46.3 Å². The van der Waals surface area contributed by atoms with E-state index in [1.165, 1.54) is 23.1 Å². The molecular weight excluding hydrogens is 523 g/mol. The molecule has 2 aromatic heterocycles. The number of hydrogen-bond acceptors (Lipinski definition) is 7. The highest BCUT2D eigenvalue weighted by molar-refractivity contribution is 7.98. The zero-order valence-electron chi connectivity index (χ0n) is 18.9. The molecule has 0 N–H and O–H groups in total. The number of nitrogens with zero attached hydrogens (tertiary/aromatic N) is 6. The Bertz CT molecular complexity index is 1350. The molecule has 1 saturated heterocycles. The van der Waals surface area contributed by atoms with Gasteiger partial charge in [0.25, 0.3) is 5.91 Å². The number of piperazine rings is 1. The zero-order valence-corrected chi connectivity index (χ0v) is 22.0. The van der Waals surface area contributed by atoms with Gasteiger partial charge in [0.1, 0.15) is 16.5 Å². The molecule has 11 heteroatoms. The maximum Gasteiger partial charge on any atom is 0.273 e. The van der Waals surface area contributed by atoms with Crippen LogP contribution in [-0.2, 0) is 5.75 Å². The number of anilines is 1. The van der Waals surface area contributed by atoms with Gasteiger partial charge >= 0.3 is 0 Å². The van der Waals surface area contributed by atoms with Gasteiger partial charge in [0, 0.05) is 36.6 Å². The first kappa shape index (κ1) is 24.1. The van der Waals surface area contributed by atoms with E-state index in [-0.39, 0.29) is 5.91 Å². The molecule has 35 heavy (non-hydrogen) atoms. The molecule has 0 spiro atoms. The Balaban J connectivity index is 1.21. The van der Waals surface area contributed by atoms with E-state index in [1.807, 2.05) is 70.3 Å².